The van der Waals surface area contributed by atoms with Gasteiger partial charge in [-0.25, -0.2) is 4.79 Å². The lowest BCUT2D eigenvalue weighted by Gasteiger charge is -2.44. The van der Waals surface area contributed by atoms with E-state index in [0.29, 0.717) is 4.48 Å². The number of aliphatic carboxylic acids is 1. The van der Waals surface area contributed by atoms with Crippen LogP contribution in [0, 0.1) is 11.3 Å². The number of carbonyl (C=O) groups excluding carboxylic acids is 2. The summed E-state index contributed by atoms with van der Waals surface area (Å²) in [5.41, 5.74) is 1.18. The second-order valence-corrected chi connectivity index (χ2v) is 14.1. The van der Waals surface area contributed by atoms with Crippen LogP contribution in [0.2, 0.25) is 0 Å². The number of fused-ring (bicyclic) bond motifs is 1. The molecule has 0 fully saturated rings. The van der Waals surface area contributed by atoms with Crippen molar-refractivity contribution in [2.24, 2.45) is 18.4 Å². The molecule has 0 aliphatic heterocycles. The molecule has 2 N–H and O–H groups in total. The number of carboxylic acid groups (broad SMARTS) is 1. The summed E-state index contributed by atoms with van der Waals surface area (Å²) in [6.07, 6.45) is 3.72. The largest absolute Gasteiger partial charge is 0.478 e. The summed E-state index contributed by atoms with van der Waals surface area (Å²) in [5.74, 6) is -1.50. The molecule has 8 nitrogen and oxygen atoms in total. The number of nitrogens with one attached hydrogen (secondary N) is 1. The lowest BCUT2D eigenvalue weighted by molar-refractivity contribution is -0.891. The summed E-state index contributed by atoms with van der Waals surface area (Å²) in [7, 11) is 9.71. The number of rotatable bonds is 10. The predicted octanol–water partition coefficient (Wildman–Crippen LogP) is 4.58. The van der Waals surface area contributed by atoms with Crippen molar-refractivity contribution in [1.82, 2.24) is 14.8 Å². The fourth-order valence-electron chi connectivity index (χ4n) is 5.95. The summed E-state index contributed by atoms with van der Waals surface area (Å²) in [4.78, 5) is 41.4. The first-order chi connectivity index (χ1) is 18.1. The highest BCUT2D eigenvalue weighted by atomic mass is 16.4. The van der Waals surface area contributed by atoms with Crippen LogP contribution in [0.25, 0.3) is 10.9 Å². The Bertz CT molecular complexity index is 1270. The van der Waals surface area contributed by atoms with E-state index in [1.165, 1.54) is 6.92 Å². The number of benzene rings is 1. The summed E-state index contributed by atoms with van der Waals surface area (Å²) in [5, 5.41) is 13.7. The normalized spacial score (nSPS) is 15.6. The number of carbonyl (C=O) groups is 3. The van der Waals surface area contributed by atoms with Crippen LogP contribution >= 0.6 is 0 Å². The molecular formula is C32H51N4O4+. The average Bonchev–Trinajstić information content (AvgIpc) is 3.15. The molecule has 3 atom stereocenters. The number of carboxylic acids is 1. The van der Waals surface area contributed by atoms with Gasteiger partial charge < -0.3 is 24.4 Å². The topological polar surface area (TPSA) is 91.6 Å². The summed E-state index contributed by atoms with van der Waals surface area (Å²) >= 11 is 0. The van der Waals surface area contributed by atoms with Gasteiger partial charge >= 0.3 is 5.97 Å². The van der Waals surface area contributed by atoms with Crippen molar-refractivity contribution in [2.75, 3.05) is 28.2 Å². The van der Waals surface area contributed by atoms with Crippen LogP contribution in [0.3, 0.4) is 0 Å². The standard InChI is InChI=1S/C32H50N4O4/c1-20(2)25(18-21(3)30(39)40)35(10)29(38)26(31(4,5)6)33-28(37)27(36(11,12)13)32(7,8)23-19-34(9)24-17-15-14-16-22(23)24/h14-20,25-27H,1-13H3,(H-,33,37,39,40)/p+1/b21-18+/t25-,26-,27-/m1/s1. The van der Waals surface area contributed by atoms with Crippen LogP contribution in [0.5, 0.6) is 0 Å². The minimum atomic E-state index is -1.02. The summed E-state index contributed by atoms with van der Waals surface area (Å²) in [6.45, 7) is 15.4. The van der Waals surface area contributed by atoms with Gasteiger partial charge in [-0.05, 0) is 43.7 Å². The van der Waals surface area contributed by atoms with E-state index in [1.807, 2.05) is 74.9 Å². The van der Waals surface area contributed by atoms with Crippen molar-refractivity contribution in [1.29, 1.82) is 0 Å². The van der Waals surface area contributed by atoms with E-state index in [-0.39, 0.29) is 23.3 Å². The third-order valence-electron chi connectivity index (χ3n) is 7.93. The van der Waals surface area contributed by atoms with Gasteiger partial charge in [-0.1, -0.05) is 58.9 Å². The van der Waals surface area contributed by atoms with Crippen LogP contribution < -0.4 is 5.32 Å². The van der Waals surface area contributed by atoms with Crippen molar-refractivity contribution < 1.29 is 24.0 Å². The lowest BCUT2D eigenvalue weighted by Crippen LogP contribution is -2.65. The SMILES string of the molecule is C/C(=C\[C@H](C(C)C)N(C)C(=O)[C@@H](NC(=O)[C@H](C(C)(C)c1cn(C)c2ccccc12)[N+](C)(C)C)C(C)(C)C)C(=O)O. The Kier molecular flexibility index (Phi) is 9.73. The zero-order chi connectivity index (χ0) is 31.0. The molecule has 1 aromatic carbocycles. The second kappa shape index (κ2) is 11.8. The van der Waals surface area contributed by atoms with Crippen molar-refractivity contribution in [3.05, 3.63) is 47.7 Å². The maximum atomic E-state index is 14.3. The number of aryl methyl sites for hydroxylation is 1. The van der Waals surface area contributed by atoms with Gasteiger partial charge in [-0.15, -0.1) is 0 Å². The Morgan fingerprint density at radius 1 is 1.05 bits per heavy atom. The molecule has 0 unspecified atom stereocenters. The molecule has 0 saturated carbocycles. The number of quaternary nitrogens is 1. The molecule has 2 aromatic rings. The molecule has 0 spiro atoms. The Morgan fingerprint density at radius 2 is 1.60 bits per heavy atom. The monoisotopic (exact) mass is 555 g/mol. The van der Waals surface area contributed by atoms with Crippen molar-refractivity contribution in [3.8, 4) is 0 Å². The van der Waals surface area contributed by atoms with E-state index < -0.39 is 34.9 Å². The fraction of sp³-hybridized carbons (Fsp3) is 0.594. The summed E-state index contributed by atoms with van der Waals surface area (Å²) < 4.78 is 2.45. The average molecular weight is 556 g/mol. The Morgan fingerprint density at radius 3 is 2.08 bits per heavy atom. The minimum Gasteiger partial charge on any atom is -0.478 e. The summed E-state index contributed by atoms with van der Waals surface area (Å²) in [6, 6.07) is 6.41. The zero-order valence-corrected chi connectivity index (χ0v) is 26.8. The molecule has 2 amide bonds. The van der Waals surface area contributed by atoms with Gasteiger partial charge in [0.2, 0.25) is 5.91 Å². The number of hydrogen-bond acceptors (Lipinski definition) is 3. The van der Waals surface area contributed by atoms with Gasteiger partial charge in [0.25, 0.3) is 5.91 Å². The molecule has 0 radical (unpaired) electrons. The van der Waals surface area contributed by atoms with Crippen LogP contribution in [0.15, 0.2) is 42.1 Å². The van der Waals surface area contributed by atoms with Crippen molar-refractivity contribution in [3.63, 3.8) is 0 Å². The van der Waals surface area contributed by atoms with E-state index in [2.05, 4.69) is 42.1 Å². The molecular weight excluding hydrogens is 504 g/mol. The zero-order valence-electron chi connectivity index (χ0n) is 26.8. The number of likely N-dealkylation sites (N-methyl/N-ethyl adjacent to an activating group) is 2. The molecule has 0 saturated heterocycles. The van der Waals surface area contributed by atoms with E-state index in [1.54, 1.807) is 18.0 Å². The first kappa shape index (κ1) is 33.1. The first-order valence-electron chi connectivity index (χ1n) is 14.0. The smallest absolute Gasteiger partial charge is 0.331 e. The molecule has 1 aromatic heterocycles. The molecule has 1 heterocycles. The quantitative estimate of drug-likeness (QED) is 0.332. The van der Waals surface area contributed by atoms with E-state index in [4.69, 9.17) is 0 Å². The molecule has 8 heteroatoms. The van der Waals surface area contributed by atoms with Crippen molar-refractivity contribution in [2.45, 2.75) is 78.9 Å². The maximum Gasteiger partial charge on any atom is 0.331 e. The molecule has 0 aliphatic rings. The van der Waals surface area contributed by atoms with Crippen LogP contribution in [0.1, 0.15) is 61.0 Å². The molecule has 0 aliphatic carbocycles. The Balaban J connectivity index is 2.55. The van der Waals surface area contributed by atoms with Gasteiger partial charge in [0.15, 0.2) is 6.04 Å². The number of amides is 2. The highest BCUT2D eigenvalue weighted by Gasteiger charge is 2.49. The van der Waals surface area contributed by atoms with Gasteiger partial charge in [0.05, 0.1) is 32.6 Å². The number of nitrogens with zero attached hydrogens (tertiary/aromatic N) is 3. The Hall–Kier alpha value is -3.13. The van der Waals surface area contributed by atoms with Crippen LogP contribution in [-0.2, 0) is 26.8 Å². The van der Waals surface area contributed by atoms with E-state index in [9.17, 15) is 19.5 Å². The molecule has 222 valence electrons. The van der Waals surface area contributed by atoms with Crippen LogP contribution in [-0.4, -0.2) is 83.2 Å². The van der Waals surface area contributed by atoms with E-state index >= 15 is 0 Å². The van der Waals surface area contributed by atoms with Crippen molar-refractivity contribution >= 4 is 28.7 Å². The molecule has 2 rings (SSSR count). The highest BCUT2D eigenvalue weighted by Crippen LogP contribution is 2.38. The number of hydrogen-bond donors (Lipinski definition) is 2. The minimum absolute atomic E-state index is 0.0242. The molecule has 40 heavy (non-hydrogen) atoms. The first-order valence-corrected chi connectivity index (χ1v) is 14.0. The number of para-hydroxylation sites is 1. The van der Waals surface area contributed by atoms with Gasteiger partial charge in [-0.3, -0.25) is 9.59 Å². The fourth-order valence-corrected chi connectivity index (χ4v) is 5.95. The van der Waals surface area contributed by atoms with Gasteiger partial charge in [0.1, 0.15) is 6.04 Å². The maximum absolute atomic E-state index is 14.3. The third kappa shape index (κ3) is 6.95. The van der Waals surface area contributed by atoms with Gasteiger partial charge in [-0.2, -0.15) is 0 Å². The highest BCUT2D eigenvalue weighted by molar-refractivity contribution is 5.92. The number of aromatic nitrogens is 1. The lowest BCUT2D eigenvalue weighted by atomic mass is 9.75. The second-order valence-electron chi connectivity index (χ2n) is 14.1. The Labute approximate surface area is 240 Å². The predicted molar refractivity (Wildman–Crippen MR) is 162 cm³/mol. The third-order valence-corrected chi connectivity index (χ3v) is 7.93. The molecule has 0 bridgehead atoms. The van der Waals surface area contributed by atoms with Crippen LogP contribution in [0.4, 0.5) is 0 Å². The van der Waals surface area contributed by atoms with Gasteiger partial charge in [0, 0.05) is 36.8 Å². The van der Waals surface area contributed by atoms with E-state index in [0.717, 1.165) is 16.5 Å².